The van der Waals surface area contributed by atoms with Gasteiger partial charge in [-0.1, -0.05) is 36.0 Å². The van der Waals surface area contributed by atoms with E-state index < -0.39 is 5.97 Å². The van der Waals surface area contributed by atoms with Crippen LogP contribution in [0.15, 0.2) is 63.5 Å². The van der Waals surface area contributed by atoms with Gasteiger partial charge in [0.15, 0.2) is 0 Å². The van der Waals surface area contributed by atoms with Crippen LogP contribution in [0.3, 0.4) is 0 Å². The van der Waals surface area contributed by atoms with Gasteiger partial charge in [0.25, 0.3) is 0 Å². The summed E-state index contributed by atoms with van der Waals surface area (Å²) in [6.07, 6.45) is 0.359. The summed E-state index contributed by atoms with van der Waals surface area (Å²) in [5.74, 6) is -0.150. The Labute approximate surface area is 162 Å². The molecule has 2 aromatic rings. The molecule has 0 atom stereocenters. The lowest BCUT2D eigenvalue weighted by Crippen LogP contribution is -2.14. The van der Waals surface area contributed by atoms with Crippen molar-refractivity contribution in [2.45, 2.75) is 30.1 Å². The van der Waals surface area contributed by atoms with Gasteiger partial charge in [0.2, 0.25) is 5.78 Å². The lowest BCUT2D eigenvalue weighted by molar-refractivity contribution is -0.140. The Hall–Kier alpha value is -2.64. The van der Waals surface area contributed by atoms with Gasteiger partial charge in [-0.25, -0.2) is 4.79 Å². The van der Waals surface area contributed by atoms with E-state index in [2.05, 4.69) is 9.99 Å². The van der Waals surface area contributed by atoms with Crippen LogP contribution < -0.4 is 4.74 Å². The summed E-state index contributed by atoms with van der Waals surface area (Å²) in [6.45, 7) is 3.18. The fourth-order valence-electron chi connectivity index (χ4n) is 2.16. The number of carbonyl (C=O) groups is 2. The SMILES string of the molecule is CC/C(=N\OC(C)=O)C(=O)c1ccc(Sc2ccccc2OCCO)cc1. The Bertz CT molecular complexity index is 817. The molecular formula is C20H21NO5S. The third kappa shape index (κ3) is 6.23. The highest BCUT2D eigenvalue weighted by Gasteiger charge is 2.14. The Kier molecular flexibility index (Phi) is 8.03. The number of Topliss-reactive ketones (excluding diaryl/α,β-unsaturated/α-hetero) is 1. The largest absolute Gasteiger partial charge is 0.490 e. The van der Waals surface area contributed by atoms with Gasteiger partial charge in [-0.05, 0) is 42.8 Å². The molecule has 0 aliphatic carbocycles. The fourth-order valence-corrected chi connectivity index (χ4v) is 3.06. The molecule has 7 heteroatoms. The molecule has 0 unspecified atom stereocenters. The third-order valence-corrected chi connectivity index (χ3v) is 4.49. The number of carbonyl (C=O) groups excluding carboxylic acids is 2. The number of rotatable bonds is 9. The lowest BCUT2D eigenvalue weighted by atomic mass is 10.1. The predicted molar refractivity (Wildman–Crippen MR) is 103 cm³/mol. The molecule has 0 aliphatic heterocycles. The summed E-state index contributed by atoms with van der Waals surface area (Å²) in [5.41, 5.74) is 0.658. The number of oxime groups is 1. The quantitative estimate of drug-likeness (QED) is 0.305. The molecule has 0 saturated heterocycles. The van der Waals surface area contributed by atoms with Crippen molar-refractivity contribution in [2.75, 3.05) is 13.2 Å². The van der Waals surface area contributed by atoms with Crippen LogP contribution in [0.25, 0.3) is 0 Å². The first-order valence-corrected chi connectivity index (χ1v) is 9.26. The molecule has 0 aromatic heterocycles. The van der Waals surface area contributed by atoms with Gasteiger partial charge < -0.3 is 14.7 Å². The number of ether oxygens (including phenoxy) is 1. The zero-order valence-corrected chi connectivity index (χ0v) is 16.0. The smallest absolute Gasteiger partial charge is 0.331 e. The van der Waals surface area contributed by atoms with Crippen molar-refractivity contribution >= 4 is 29.2 Å². The third-order valence-electron chi connectivity index (χ3n) is 3.42. The minimum Gasteiger partial charge on any atom is -0.490 e. The van der Waals surface area contributed by atoms with E-state index in [0.29, 0.717) is 17.7 Å². The Morgan fingerprint density at radius 2 is 1.81 bits per heavy atom. The molecule has 0 heterocycles. The number of aliphatic hydroxyl groups excluding tert-OH is 1. The summed E-state index contributed by atoms with van der Waals surface area (Å²) in [7, 11) is 0. The van der Waals surface area contributed by atoms with Crippen molar-refractivity contribution in [1.82, 2.24) is 0 Å². The van der Waals surface area contributed by atoms with Crippen molar-refractivity contribution in [3.05, 3.63) is 54.1 Å². The van der Waals surface area contributed by atoms with Crippen molar-refractivity contribution in [2.24, 2.45) is 5.16 Å². The van der Waals surface area contributed by atoms with Crippen molar-refractivity contribution in [3.63, 3.8) is 0 Å². The second kappa shape index (κ2) is 10.5. The van der Waals surface area contributed by atoms with E-state index in [1.54, 1.807) is 19.1 Å². The molecule has 0 aliphatic rings. The van der Waals surface area contributed by atoms with Gasteiger partial charge in [-0.15, -0.1) is 0 Å². The lowest BCUT2D eigenvalue weighted by Gasteiger charge is -2.10. The van der Waals surface area contributed by atoms with E-state index in [4.69, 9.17) is 9.84 Å². The minimum absolute atomic E-state index is 0.0511. The maximum atomic E-state index is 12.5. The molecule has 0 fully saturated rings. The molecule has 142 valence electrons. The highest BCUT2D eigenvalue weighted by atomic mass is 32.2. The van der Waals surface area contributed by atoms with E-state index >= 15 is 0 Å². The van der Waals surface area contributed by atoms with Gasteiger partial charge in [0.1, 0.15) is 18.1 Å². The molecule has 27 heavy (non-hydrogen) atoms. The minimum atomic E-state index is -0.567. The van der Waals surface area contributed by atoms with Crippen LogP contribution in [0.1, 0.15) is 30.6 Å². The number of ketones is 1. The number of benzene rings is 2. The first kappa shape index (κ1) is 20.7. The molecule has 0 bridgehead atoms. The molecule has 0 spiro atoms. The van der Waals surface area contributed by atoms with Gasteiger partial charge in [0.05, 0.1) is 11.5 Å². The summed E-state index contributed by atoms with van der Waals surface area (Å²) in [4.78, 5) is 29.7. The highest BCUT2D eigenvalue weighted by Crippen LogP contribution is 2.34. The molecule has 1 N–H and O–H groups in total. The van der Waals surface area contributed by atoms with E-state index in [1.165, 1.54) is 18.7 Å². The molecule has 0 amide bonds. The maximum Gasteiger partial charge on any atom is 0.331 e. The Morgan fingerprint density at radius 1 is 1.11 bits per heavy atom. The normalized spacial score (nSPS) is 11.1. The second-order valence-electron chi connectivity index (χ2n) is 5.45. The average molecular weight is 387 g/mol. The summed E-state index contributed by atoms with van der Waals surface area (Å²) < 4.78 is 5.53. The number of nitrogens with zero attached hydrogens (tertiary/aromatic N) is 1. The van der Waals surface area contributed by atoms with Crippen LogP contribution in [0.5, 0.6) is 5.75 Å². The van der Waals surface area contributed by atoms with Gasteiger partial charge in [-0.2, -0.15) is 0 Å². The van der Waals surface area contributed by atoms with Gasteiger partial charge >= 0.3 is 5.97 Å². The van der Waals surface area contributed by atoms with Crippen LogP contribution in [0.2, 0.25) is 0 Å². The van der Waals surface area contributed by atoms with Crippen LogP contribution in [-0.4, -0.2) is 35.8 Å². The number of aliphatic hydroxyl groups is 1. The van der Waals surface area contributed by atoms with Gasteiger partial charge in [0, 0.05) is 17.4 Å². The van der Waals surface area contributed by atoms with E-state index in [-0.39, 0.29) is 24.7 Å². The topological polar surface area (TPSA) is 85.2 Å². The maximum absolute atomic E-state index is 12.5. The number of hydrogen-bond donors (Lipinski definition) is 1. The van der Waals surface area contributed by atoms with E-state index in [1.807, 2.05) is 36.4 Å². The molecule has 2 aromatic carbocycles. The number of para-hydroxylation sites is 1. The predicted octanol–water partition coefficient (Wildman–Crippen LogP) is 3.72. The van der Waals surface area contributed by atoms with Crippen LogP contribution in [0.4, 0.5) is 0 Å². The van der Waals surface area contributed by atoms with Crippen molar-refractivity contribution < 1.29 is 24.3 Å². The molecule has 0 saturated carbocycles. The monoisotopic (exact) mass is 387 g/mol. The van der Waals surface area contributed by atoms with Crippen LogP contribution >= 0.6 is 11.8 Å². The van der Waals surface area contributed by atoms with Gasteiger partial charge in [-0.3, -0.25) is 4.79 Å². The van der Waals surface area contributed by atoms with Crippen LogP contribution in [-0.2, 0) is 9.63 Å². The van der Waals surface area contributed by atoms with E-state index in [9.17, 15) is 9.59 Å². The van der Waals surface area contributed by atoms with Crippen LogP contribution in [0, 0.1) is 0 Å². The summed E-state index contributed by atoms with van der Waals surface area (Å²) >= 11 is 1.50. The zero-order valence-electron chi connectivity index (χ0n) is 15.2. The number of hydrogen-bond acceptors (Lipinski definition) is 7. The Morgan fingerprint density at radius 3 is 2.44 bits per heavy atom. The molecular weight excluding hydrogens is 366 g/mol. The highest BCUT2D eigenvalue weighted by molar-refractivity contribution is 7.99. The summed E-state index contributed by atoms with van der Waals surface area (Å²) in [6, 6.07) is 14.6. The summed E-state index contributed by atoms with van der Waals surface area (Å²) in [5, 5.41) is 12.5. The second-order valence-corrected chi connectivity index (χ2v) is 6.56. The molecule has 2 rings (SSSR count). The zero-order chi connectivity index (χ0) is 19.6. The molecule has 6 nitrogen and oxygen atoms in total. The van der Waals surface area contributed by atoms with Crippen molar-refractivity contribution in [1.29, 1.82) is 0 Å². The van der Waals surface area contributed by atoms with Crippen molar-refractivity contribution in [3.8, 4) is 5.75 Å². The Balaban J connectivity index is 2.12. The van der Waals surface area contributed by atoms with E-state index in [0.717, 1.165) is 9.79 Å². The first-order chi connectivity index (χ1) is 13.0. The molecule has 0 radical (unpaired) electrons. The average Bonchev–Trinajstić information content (AvgIpc) is 2.68. The fraction of sp³-hybridized carbons (Fsp3) is 0.250. The first-order valence-electron chi connectivity index (χ1n) is 8.45. The standard InChI is InChI=1S/C20H21NO5S/c1-3-17(21-26-14(2)23)20(24)15-8-10-16(11-9-15)27-19-7-5-4-6-18(19)25-13-12-22/h4-11,22H,3,12-13H2,1-2H3/b21-17+.